The quantitative estimate of drug-likeness (QED) is 0.238. The summed E-state index contributed by atoms with van der Waals surface area (Å²) >= 11 is 6.35. The Morgan fingerprint density at radius 2 is 2.05 bits per heavy atom. The largest absolute Gasteiger partial charge is 0.463 e. The van der Waals surface area contributed by atoms with Crippen molar-refractivity contribution in [2.75, 3.05) is 31.3 Å². The molecule has 0 unspecified atom stereocenters. The van der Waals surface area contributed by atoms with Gasteiger partial charge in [-0.05, 0) is 43.7 Å². The van der Waals surface area contributed by atoms with Crippen molar-refractivity contribution in [2.45, 2.75) is 38.3 Å². The Morgan fingerprint density at radius 1 is 1.26 bits per heavy atom. The number of fused-ring (bicyclic) bond motifs is 1. The van der Waals surface area contributed by atoms with Crippen molar-refractivity contribution in [2.24, 2.45) is 22.6 Å². The van der Waals surface area contributed by atoms with Gasteiger partial charge in [-0.3, -0.25) is 0 Å². The second kappa shape index (κ2) is 11.6. The Bertz CT molecular complexity index is 1440. The molecule has 0 radical (unpaired) electrons. The number of amidine groups is 1. The summed E-state index contributed by atoms with van der Waals surface area (Å²) in [6, 6.07) is 6.93. The number of aromatic nitrogens is 4. The third kappa shape index (κ3) is 5.68. The Morgan fingerprint density at radius 3 is 2.74 bits per heavy atom. The highest BCUT2D eigenvalue weighted by molar-refractivity contribution is 6.30. The molecular formula is C27H30ClN7O4. The second-order valence-corrected chi connectivity index (χ2v) is 10.3. The van der Waals surface area contributed by atoms with E-state index in [9.17, 15) is 9.90 Å². The minimum absolute atomic E-state index is 0.0497. The van der Waals surface area contributed by atoms with Gasteiger partial charge in [-0.1, -0.05) is 23.7 Å². The van der Waals surface area contributed by atoms with Crippen molar-refractivity contribution >= 4 is 40.6 Å². The number of amides is 1. The second-order valence-electron chi connectivity index (χ2n) is 9.87. The molecule has 2 aliphatic rings. The van der Waals surface area contributed by atoms with Crippen LogP contribution in [0.15, 0.2) is 29.3 Å². The smallest absolute Gasteiger partial charge is 0.433 e. The van der Waals surface area contributed by atoms with Crippen LogP contribution in [0, 0.1) is 24.2 Å². The number of morpholine rings is 1. The lowest BCUT2D eigenvalue weighted by Gasteiger charge is -2.36. The number of terminal acetylenes is 1. The lowest BCUT2D eigenvalue weighted by molar-refractivity contribution is 0.0713. The monoisotopic (exact) mass is 551 g/mol. The Labute approximate surface area is 230 Å². The summed E-state index contributed by atoms with van der Waals surface area (Å²) < 4.78 is 7.72. The average Bonchev–Trinajstić information content (AvgIpc) is 3.30. The number of aliphatic imine (C=N–C) groups is 1. The van der Waals surface area contributed by atoms with E-state index in [0.717, 1.165) is 25.7 Å². The molecule has 3 aromatic rings. The van der Waals surface area contributed by atoms with Crippen molar-refractivity contribution in [1.82, 2.24) is 19.5 Å². The maximum Gasteiger partial charge on any atom is 0.433 e. The molecule has 2 aromatic heterocycles. The lowest BCUT2D eigenvalue weighted by atomic mass is 9.82. The standard InChI is InChI=1S/C27H30ClN7O4/c1-2-16-6-8-17(9-7-16)13-35-22-21(18-4-3-5-19(28)12-18)30-25(23(29)31-27(37)38)32-24(22)33-26(35)34-10-11-39-15-20(34)14-36/h1,3-5,12,16-17,20,36H,6-11,13-15H2,(H2,29,31)(H,37,38)/t16?,17?,20-/m1/s1. The van der Waals surface area contributed by atoms with Crippen molar-refractivity contribution in [3.63, 3.8) is 0 Å². The fourth-order valence-corrected chi connectivity index (χ4v) is 5.55. The van der Waals surface area contributed by atoms with Crippen LogP contribution >= 0.6 is 11.6 Å². The number of halogens is 1. The molecule has 1 saturated heterocycles. The van der Waals surface area contributed by atoms with Gasteiger partial charge in [0.15, 0.2) is 17.3 Å². The average molecular weight is 552 g/mol. The minimum atomic E-state index is -1.45. The maximum absolute atomic E-state index is 11.2. The van der Waals surface area contributed by atoms with Crippen molar-refractivity contribution in [1.29, 1.82) is 0 Å². The summed E-state index contributed by atoms with van der Waals surface area (Å²) in [5.41, 5.74) is 8.19. The van der Waals surface area contributed by atoms with Crippen molar-refractivity contribution in [3.8, 4) is 23.6 Å². The molecule has 1 saturated carbocycles. The van der Waals surface area contributed by atoms with Crippen LogP contribution in [0.3, 0.4) is 0 Å². The number of hydrogen-bond donors (Lipinski definition) is 3. The predicted molar refractivity (Wildman–Crippen MR) is 148 cm³/mol. The third-order valence-electron chi connectivity index (χ3n) is 7.34. The molecule has 39 heavy (non-hydrogen) atoms. The highest BCUT2D eigenvalue weighted by Crippen LogP contribution is 2.36. The van der Waals surface area contributed by atoms with E-state index < -0.39 is 6.09 Å². The van der Waals surface area contributed by atoms with E-state index in [1.807, 2.05) is 17.0 Å². The summed E-state index contributed by atoms with van der Waals surface area (Å²) in [5, 5.41) is 19.8. The first kappa shape index (κ1) is 26.9. The molecule has 0 bridgehead atoms. The van der Waals surface area contributed by atoms with E-state index >= 15 is 0 Å². The lowest BCUT2D eigenvalue weighted by Crippen LogP contribution is -2.49. The van der Waals surface area contributed by atoms with Crippen LogP contribution in [0.5, 0.6) is 0 Å². The molecule has 1 aromatic carbocycles. The summed E-state index contributed by atoms with van der Waals surface area (Å²) in [5.74, 6) is 3.78. The molecule has 204 valence electrons. The first-order valence-electron chi connectivity index (χ1n) is 12.9. The minimum Gasteiger partial charge on any atom is -0.463 e. The van der Waals surface area contributed by atoms with Crippen LogP contribution in [-0.2, 0) is 11.3 Å². The van der Waals surface area contributed by atoms with Crippen molar-refractivity contribution in [3.05, 3.63) is 35.1 Å². The number of benzene rings is 1. The van der Waals surface area contributed by atoms with Crippen LogP contribution in [0.1, 0.15) is 31.5 Å². The van der Waals surface area contributed by atoms with Crippen LogP contribution in [0.4, 0.5) is 10.7 Å². The summed E-state index contributed by atoms with van der Waals surface area (Å²) in [7, 11) is 0. The number of rotatable bonds is 6. The van der Waals surface area contributed by atoms with Crippen molar-refractivity contribution < 1.29 is 19.7 Å². The molecule has 4 N–H and O–H groups in total. The van der Waals surface area contributed by atoms with Gasteiger partial charge >= 0.3 is 6.09 Å². The molecular weight excluding hydrogens is 522 g/mol. The SMILES string of the molecule is C#CC1CCC(Cn2c(N3CCOC[C@H]3CO)nc3nc(/C(N)=N/C(=O)O)nc(-c4cccc(Cl)c4)c32)CC1. The number of nitrogens with two attached hydrogens (primary N) is 1. The molecule has 2 fully saturated rings. The first-order chi connectivity index (χ1) is 18.9. The Hall–Kier alpha value is -3.72. The van der Waals surface area contributed by atoms with E-state index in [0.29, 0.717) is 71.5 Å². The Kier molecular flexibility index (Phi) is 7.97. The van der Waals surface area contributed by atoms with Gasteiger partial charge in [0, 0.05) is 29.6 Å². The molecule has 0 spiro atoms. The Balaban J connectivity index is 1.72. The van der Waals surface area contributed by atoms with E-state index in [-0.39, 0.29) is 24.3 Å². The zero-order valence-electron chi connectivity index (χ0n) is 21.3. The highest BCUT2D eigenvalue weighted by atomic mass is 35.5. The molecule has 1 aliphatic carbocycles. The number of nitrogens with zero attached hydrogens (tertiary/aromatic N) is 6. The molecule has 1 atom stereocenters. The fourth-order valence-electron chi connectivity index (χ4n) is 5.36. The van der Waals surface area contributed by atoms with E-state index in [1.54, 1.807) is 12.1 Å². The summed E-state index contributed by atoms with van der Waals surface area (Å²) in [6.45, 7) is 1.93. The van der Waals surface area contributed by atoms with E-state index in [4.69, 9.17) is 38.6 Å². The third-order valence-corrected chi connectivity index (χ3v) is 7.58. The molecule has 1 aliphatic heterocycles. The van der Waals surface area contributed by atoms with Gasteiger partial charge in [-0.2, -0.15) is 9.98 Å². The number of imidazole rings is 1. The van der Waals surface area contributed by atoms with Gasteiger partial charge in [0.2, 0.25) is 5.95 Å². The number of aliphatic hydroxyl groups is 1. The molecule has 5 rings (SSSR count). The van der Waals surface area contributed by atoms with Gasteiger partial charge in [0.1, 0.15) is 11.2 Å². The van der Waals surface area contributed by atoms with Gasteiger partial charge < -0.3 is 30.2 Å². The van der Waals surface area contributed by atoms with Gasteiger partial charge in [-0.25, -0.2) is 14.8 Å². The number of ether oxygens (including phenoxy) is 1. The predicted octanol–water partition coefficient (Wildman–Crippen LogP) is 3.17. The molecule has 11 nitrogen and oxygen atoms in total. The van der Waals surface area contributed by atoms with Crippen LogP contribution in [-0.4, -0.2) is 74.1 Å². The van der Waals surface area contributed by atoms with Gasteiger partial charge in [-0.15, -0.1) is 12.3 Å². The number of hydrogen-bond acceptors (Lipinski definition) is 7. The number of anilines is 1. The topological polar surface area (TPSA) is 152 Å². The first-order valence-corrected chi connectivity index (χ1v) is 13.3. The normalized spacial score (nSPS) is 22.1. The van der Waals surface area contributed by atoms with E-state index in [2.05, 4.69) is 25.4 Å². The number of carboxylic acid groups (broad SMARTS) is 1. The summed E-state index contributed by atoms with van der Waals surface area (Å²) in [6.07, 6.45) is 8.11. The van der Waals surface area contributed by atoms with Gasteiger partial charge in [0.25, 0.3) is 0 Å². The van der Waals surface area contributed by atoms with Crippen LogP contribution in [0.25, 0.3) is 22.4 Å². The van der Waals surface area contributed by atoms with Gasteiger partial charge in [0.05, 0.1) is 25.9 Å². The molecule has 3 heterocycles. The zero-order chi connectivity index (χ0) is 27.5. The maximum atomic E-state index is 11.2. The molecule has 1 amide bonds. The zero-order valence-corrected chi connectivity index (χ0v) is 22.1. The van der Waals surface area contributed by atoms with E-state index in [1.165, 1.54) is 0 Å². The summed E-state index contributed by atoms with van der Waals surface area (Å²) in [4.78, 5) is 30.8. The fraction of sp³-hybridized carbons (Fsp3) is 0.444. The number of carbonyl (C=O) groups is 1. The highest BCUT2D eigenvalue weighted by Gasteiger charge is 2.31. The van der Waals surface area contributed by atoms with Crippen LogP contribution < -0.4 is 10.6 Å². The molecule has 12 heteroatoms. The van der Waals surface area contributed by atoms with Crippen LogP contribution in [0.2, 0.25) is 5.02 Å². The number of aliphatic hydroxyl groups excluding tert-OH is 1.